The quantitative estimate of drug-likeness (QED) is 0.601. The van der Waals surface area contributed by atoms with Crippen molar-refractivity contribution in [2.45, 2.75) is 32.9 Å². The van der Waals surface area contributed by atoms with Gasteiger partial charge in [0.05, 0.1) is 0 Å². The van der Waals surface area contributed by atoms with E-state index in [-0.39, 0.29) is 10.8 Å². The molecule has 0 aliphatic heterocycles. The summed E-state index contributed by atoms with van der Waals surface area (Å²) in [6, 6.07) is 0.692. The molecule has 0 aromatic heterocycles. The normalized spacial score (nSPS) is 11.3. The molecule has 0 saturated heterocycles. The van der Waals surface area contributed by atoms with E-state index in [0.29, 0.717) is 12.5 Å². The van der Waals surface area contributed by atoms with Crippen LogP contribution in [-0.4, -0.2) is 18.9 Å². The van der Waals surface area contributed by atoms with Crippen molar-refractivity contribution in [3.05, 3.63) is 6.92 Å². The fraction of sp³-hybridized carbons (Fsp3) is 0.625. The first-order valence-electron chi connectivity index (χ1n) is 3.76. The predicted octanol–water partition coefficient (Wildman–Crippen LogP) is 1.55. The molecule has 0 aromatic rings. The van der Waals surface area contributed by atoms with Gasteiger partial charge in [0.2, 0.25) is 8.07 Å². The van der Waals surface area contributed by atoms with Crippen molar-refractivity contribution in [2.24, 2.45) is 0 Å². The second kappa shape index (κ2) is 3.81. The third-order valence-corrected chi connectivity index (χ3v) is 6.69. The molecule has 0 aliphatic carbocycles. The second-order valence-corrected chi connectivity index (χ2v) is 7.62. The van der Waals surface area contributed by atoms with Crippen molar-refractivity contribution in [1.29, 1.82) is 0 Å². The maximum Gasteiger partial charge on any atom is 0.204 e. The fourth-order valence-corrected chi connectivity index (χ4v) is 2.86. The van der Waals surface area contributed by atoms with Crippen molar-refractivity contribution in [1.82, 2.24) is 0 Å². The first kappa shape index (κ1) is 10.6. The Morgan fingerprint density at radius 1 is 1.27 bits per heavy atom. The molecule has 0 rings (SSSR count). The summed E-state index contributed by atoms with van der Waals surface area (Å²) in [5.41, 5.74) is 0. The van der Waals surface area contributed by atoms with Gasteiger partial charge in [0, 0.05) is 0 Å². The molecule has 3 heteroatoms. The lowest BCUT2D eigenvalue weighted by Gasteiger charge is -2.18. The minimum Gasteiger partial charge on any atom is -0.305 e. The highest BCUT2D eigenvalue weighted by molar-refractivity contribution is 7.24. The summed E-state index contributed by atoms with van der Waals surface area (Å²) in [6.45, 7) is 8.52. The number of carbonyl (C=O) groups is 2. The number of hydrogen-bond acceptors (Lipinski definition) is 2. The van der Waals surface area contributed by atoms with Gasteiger partial charge in [-0.3, -0.25) is 0 Å². The number of carbonyl (C=O) groups excluding carboxylic acids is 2. The second-order valence-electron chi connectivity index (χ2n) is 3.05. The molecule has 0 N–H and O–H groups in total. The summed E-state index contributed by atoms with van der Waals surface area (Å²) in [5.74, 6) is 0. The topological polar surface area (TPSA) is 34.1 Å². The molecule has 0 fully saturated rings. The van der Waals surface area contributed by atoms with Gasteiger partial charge < -0.3 is 9.59 Å². The Morgan fingerprint density at radius 2 is 1.64 bits per heavy atom. The van der Waals surface area contributed by atoms with Gasteiger partial charge in [-0.05, 0) is 19.9 Å². The maximum absolute atomic E-state index is 11.1. The van der Waals surface area contributed by atoms with E-state index in [1.165, 1.54) is 13.8 Å². The van der Waals surface area contributed by atoms with Crippen LogP contribution < -0.4 is 0 Å². The molecule has 0 unspecified atom stereocenters. The average molecular weight is 171 g/mol. The van der Waals surface area contributed by atoms with Crippen molar-refractivity contribution < 1.29 is 9.59 Å². The minimum atomic E-state index is -2.24. The smallest absolute Gasteiger partial charge is 0.204 e. The van der Waals surface area contributed by atoms with Gasteiger partial charge in [0.25, 0.3) is 0 Å². The molecule has 11 heavy (non-hydrogen) atoms. The van der Waals surface area contributed by atoms with Crippen molar-refractivity contribution in [2.75, 3.05) is 0 Å². The highest BCUT2D eigenvalue weighted by Gasteiger charge is 2.37. The van der Waals surface area contributed by atoms with E-state index in [4.69, 9.17) is 0 Å². The Hall–Kier alpha value is -0.443. The van der Waals surface area contributed by atoms with Crippen molar-refractivity contribution in [3.63, 3.8) is 0 Å². The number of rotatable bonds is 4. The van der Waals surface area contributed by atoms with E-state index in [9.17, 15) is 9.59 Å². The zero-order chi connectivity index (χ0) is 9.07. The van der Waals surface area contributed by atoms with Crippen molar-refractivity contribution >= 4 is 18.9 Å². The molecule has 0 spiro atoms. The molecule has 1 radical (unpaired) electrons. The third kappa shape index (κ3) is 2.26. The number of hydrogen-bond donors (Lipinski definition) is 0. The van der Waals surface area contributed by atoms with Crippen molar-refractivity contribution in [3.8, 4) is 0 Å². The van der Waals surface area contributed by atoms with Gasteiger partial charge in [-0.1, -0.05) is 19.9 Å². The third-order valence-electron chi connectivity index (χ3n) is 2.23. The first-order chi connectivity index (χ1) is 4.95. The fourth-order valence-electron chi connectivity index (χ4n) is 0.954. The van der Waals surface area contributed by atoms with Gasteiger partial charge in [-0.2, -0.15) is 0 Å². The summed E-state index contributed by atoms with van der Waals surface area (Å²) >= 11 is 0. The zero-order valence-electron chi connectivity index (χ0n) is 7.44. The SMILES string of the molecule is [CH2]CC[Si](C)(C(C)=O)C(C)=O. The lowest BCUT2D eigenvalue weighted by Crippen LogP contribution is -2.46. The van der Waals surface area contributed by atoms with E-state index in [1.807, 2.05) is 6.55 Å². The van der Waals surface area contributed by atoms with E-state index in [2.05, 4.69) is 6.92 Å². The molecule has 63 valence electrons. The van der Waals surface area contributed by atoms with Crippen LogP contribution in [0, 0.1) is 6.92 Å². The molecule has 0 bridgehead atoms. The predicted molar refractivity (Wildman–Crippen MR) is 47.8 cm³/mol. The van der Waals surface area contributed by atoms with Crippen LogP contribution in [-0.2, 0) is 9.59 Å². The van der Waals surface area contributed by atoms with Crippen LogP contribution in [0.1, 0.15) is 20.3 Å². The summed E-state index contributed by atoms with van der Waals surface area (Å²) in [5, 5.41) is 0.155. The monoisotopic (exact) mass is 171 g/mol. The van der Waals surface area contributed by atoms with Crippen LogP contribution in [0.3, 0.4) is 0 Å². The van der Waals surface area contributed by atoms with Crippen LogP contribution in [0.15, 0.2) is 0 Å². The molecule has 0 amide bonds. The Bertz CT molecular complexity index is 161. The Labute approximate surface area is 69.0 Å². The molecule has 0 atom stereocenters. The lowest BCUT2D eigenvalue weighted by atomic mass is 10.6. The van der Waals surface area contributed by atoms with E-state index in [1.54, 1.807) is 0 Å². The van der Waals surface area contributed by atoms with Gasteiger partial charge >= 0.3 is 0 Å². The van der Waals surface area contributed by atoms with Gasteiger partial charge in [-0.25, -0.2) is 0 Å². The van der Waals surface area contributed by atoms with Gasteiger partial charge in [0.15, 0.2) is 0 Å². The molecule has 0 aromatic carbocycles. The summed E-state index contributed by atoms with van der Waals surface area (Å²) in [4.78, 5) is 22.2. The van der Waals surface area contributed by atoms with Gasteiger partial charge in [0.1, 0.15) is 10.8 Å². The van der Waals surface area contributed by atoms with Crippen LogP contribution in [0.2, 0.25) is 12.6 Å². The van der Waals surface area contributed by atoms with Crippen LogP contribution in [0.4, 0.5) is 0 Å². The summed E-state index contributed by atoms with van der Waals surface area (Å²) < 4.78 is 0. The summed E-state index contributed by atoms with van der Waals surface area (Å²) in [7, 11) is -2.24. The molecule has 2 nitrogen and oxygen atoms in total. The molecular formula is C8H15O2Si. The van der Waals surface area contributed by atoms with Gasteiger partial charge in [-0.15, -0.1) is 0 Å². The highest BCUT2D eigenvalue weighted by Crippen LogP contribution is 2.14. The van der Waals surface area contributed by atoms with E-state index < -0.39 is 8.07 Å². The maximum atomic E-state index is 11.1. The van der Waals surface area contributed by atoms with Crippen LogP contribution in [0.25, 0.3) is 0 Å². The van der Waals surface area contributed by atoms with Crippen LogP contribution >= 0.6 is 0 Å². The molecule has 0 heterocycles. The molecular weight excluding hydrogens is 156 g/mol. The largest absolute Gasteiger partial charge is 0.305 e. The Kier molecular flexibility index (Phi) is 3.65. The first-order valence-corrected chi connectivity index (χ1v) is 6.47. The molecule has 0 aliphatic rings. The average Bonchev–Trinajstić information content (AvgIpc) is 1.87. The minimum absolute atomic E-state index is 0.0775. The highest BCUT2D eigenvalue weighted by atomic mass is 28.3. The van der Waals surface area contributed by atoms with E-state index >= 15 is 0 Å². The van der Waals surface area contributed by atoms with Crippen LogP contribution in [0.5, 0.6) is 0 Å². The molecule has 0 saturated carbocycles. The lowest BCUT2D eigenvalue weighted by molar-refractivity contribution is -0.114. The Morgan fingerprint density at radius 3 is 1.73 bits per heavy atom. The standard InChI is InChI=1S/C8H15O2Si/c1-5-6-11(4,7(2)9)8(3)10/h1,5-6H2,2-4H3. The zero-order valence-corrected chi connectivity index (χ0v) is 8.44. The summed E-state index contributed by atoms with van der Waals surface area (Å²) in [6.07, 6.45) is 0.682. The Balaban J connectivity index is 4.52. The van der Waals surface area contributed by atoms with E-state index in [0.717, 1.165) is 0 Å².